The Hall–Kier alpha value is -1.66. The van der Waals surface area contributed by atoms with Gasteiger partial charge in [-0.25, -0.2) is 4.98 Å². The second-order valence-corrected chi connectivity index (χ2v) is 5.77. The van der Waals surface area contributed by atoms with Crippen LogP contribution >= 0.6 is 0 Å². The Kier molecular flexibility index (Phi) is 4.31. The lowest BCUT2D eigenvalue weighted by Gasteiger charge is -2.43. The number of rotatable bonds is 3. The SMILES string of the molecule is CCOc1nc(C)ccc1C(=O)N1CCOCC12CCOC2. The van der Waals surface area contributed by atoms with Crippen molar-refractivity contribution in [1.29, 1.82) is 0 Å². The topological polar surface area (TPSA) is 60.9 Å². The molecular weight excluding hydrogens is 284 g/mol. The minimum absolute atomic E-state index is 0.0512. The third kappa shape index (κ3) is 2.68. The Labute approximate surface area is 130 Å². The van der Waals surface area contributed by atoms with Gasteiger partial charge in [0.15, 0.2) is 0 Å². The zero-order valence-electron chi connectivity index (χ0n) is 13.1. The van der Waals surface area contributed by atoms with Crippen LogP contribution in [0.4, 0.5) is 0 Å². The van der Waals surface area contributed by atoms with Crippen molar-refractivity contribution >= 4 is 5.91 Å². The van der Waals surface area contributed by atoms with Crippen molar-refractivity contribution in [2.24, 2.45) is 0 Å². The highest BCUT2D eigenvalue weighted by molar-refractivity contribution is 5.97. The number of hydrogen-bond acceptors (Lipinski definition) is 5. The number of nitrogens with zero attached hydrogens (tertiary/aromatic N) is 2. The fraction of sp³-hybridized carbons (Fsp3) is 0.625. The third-order valence-corrected chi connectivity index (χ3v) is 4.24. The Morgan fingerprint density at radius 3 is 2.86 bits per heavy atom. The standard InChI is InChI=1S/C16H22N2O4/c1-3-22-14-13(5-4-12(2)17-14)15(19)18-7-9-21-11-16(18)6-8-20-10-16/h4-5H,3,6-11H2,1-2H3. The van der Waals surface area contributed by atoms with Crippen LogP contribution in [0.1, 0.15) is 29.4 Å². The van der Waals surface area contributed by atoms with Crippen LogP contribution in [0.2, 0.25) is 0 Å². The second kappa shape index (κ2) is 6.22. The van der Waals surface area contributed by atoms with Gasteiger partial charge >= 0.3 is 0 Å². The maximum absolute atomic E-state index is 13.1. The molecule has 0 aromatic carbocycles. The lowest BCUT2D eigenvalue weighted by molar-refractivity contribution is -0.0552. The number of hydrogen-bond donors (Lipinski definition) is 0. The summed E-state index contributed by atoms with van der Waals surface area (Å²) < 4.78 is 16.7. The van der Waals surface area contributed by atoms with Crippen LogP contribution < -0.4 is 4.74 Å². The van der Waals surface area contributed by atoms with E-state index in [0.29, 0.717) is 51.0 Å². The smallest absolute Gasteiger partial charge is 0.260 e. The third-order valence-electron chi connectivity index (χ3n) is 4.24. The Bertz CT molecular complexity index is 555. The van der Waals surface area contributed by atoms with Gasteiger partial charge in [0.05, 0.1) is 32.0 Å². The largest absolute Gasteiger partial charge is 0.477 e. The number of carbonyl (C=O) groups is 1. The van der Waals surface area contributed by atoms with Gasteiger partial charge in [-0.05, 0) is 32.4 Å². The Morgan fingerprint density at radius 1 is 1.36 bits per heavy atom. The predicted molar refractivity (Wildman–Crippen MR) is 80.2 cm³/mol. The van der Waals surface area contributed by atoms with Crippen LogP contribution in [0.5, 0.6) is 5.88 Å². The molecule has 0 saturated carbocycles. The van der Waals surface area contributed by atoms with E-state index in [1.165, 1.54) is 0 Å². The molecule has 0 bridgehead atoms. The van der Waals surface area contributed by atoms with Gasteiger partial charge in [0, 0.05) is 18.8 Å². The van der Waals surface area contributed by atoms with E-state index in [9.17, 15) is 4.79 Å². The Balaban J connectivity index is 1.92. The first-order chi connectivity index (χ1) is 10.7. The van der Waals surface area contributed by atoms with Gasteiger partial charge in [-0.3, -0.25) is 4.79 Å². The van der Waals surface area contributed by atoms with Crippen LogP contribution in [0.3, 0.4) is 0 Å². The van der Waals surface area contributed by atoms with E-state index >= 15 is 0 Å². The first-order valence-corrected chi connectivity index (χ1v) is 7.74. The minimum Gasteiger partial charge on any atom is -0.477 e. The molecule has 1 atom stereocenters. The van der Waals surface area contributed by atoms with E-state index in [1.54, 1.807) is 6.07 Å². The lowest BCUT2D eigenvalue weighted by Crippen LogP contribution is -2.59. The highest BCUT2D eigenvalue weighted by Gasteiger charge is 2.46. The summed E-state index contributed by atoms with van der Waals surface area (Å²) in [6.07, 6.45) is 0.808. The normalized spacial score (nSPS) is 24.7. The average Bonchev–Trinajstić information content (AvgIpc) is 2.96. The summed E-state index contributed by atoms with van der Waals surface area (Å²) in [5, 5.41) is 0. The zero-order chi connectivity index (χ0) is 15.6. The quantitative estimate of drug-likeness (QED) is 0.845. The molecule has 2 fully saturated rings. The summed E-state index contributed by atoms with van der Waals surface area (Å²) in [5.74, 6) is 0.359. The highest BCUT2D eigenvalue weighted by atomic mass is 16.5. The van der Waals surface area contributed by atoms with Crippen molar-refractivity contribution in [3.63, 3.8) is 0 Å². The van der Waals surface area contributed by atoms with Gasteiger partial charge in [0.25, 0.3) is 5.91 Å². The summed E-state index contributed by atoms with van der Waals surface area (Å²) in [6.45, 7) is 7.10. The molecule has 2 aliphatic heterocycles. The van der Waals surface area contributed by atoms with Gasteiger partial charge in [-0.1, -0.05) is 0 Å². The molecule has 2 aliphatic rings. The number of morpholine rings is 1. The average molecular weight is 306 g/mol. The molecule has 2 saturated heterocycles. The molecule has 6 nitrogen and oxygen atoms in total. The minimum atomic E-state index is -0.344. The van der Waals surface area contributed by atoms with Crippen LogP contribution in [0.15, 0.2) is 12.1 Å². The number of amides is 1. The van der Waals surface area contributed by atoms with Crippen molar-refractivity contribution in [3.05, 3.63) is 23.4 Å². The van der Waals surface area contributed by atoms with E-state index in [-0.39, 0.29) is 11.4 Å². The van der Waals surface area contributed by atoms with E-state index in [0.717, 1.165) is 12.1 Å². The lowest BCUT2D eigenvalue weighted by atomic mass is 9.95. The molecule has 0 radical (unpaired) electrons. The van der Waals surface area contributed by atoms with Crippen molar-refractivity contribution in [1.82, 2.24) is 9.88 Å². The van der Waals surface area contributed by atoms with E-state index in [2.05, 4.69) is 4.98 Å². The summed E-state index contributed by atoms with van der Waals surface area (Å²) in [6, 6.07) is 3.64. The fourth-order valence-corrected chi connectivity index (χ4v) is 3.06. The molecule has 120 valence electrons. The molecule has 1 aromatic rings. The number of pyridine rings is 1. The van der Waals surface area contributed by atoms with Crippen molar-refractivity contribution in [3.8, 4) is 5.88 Å². The molecule has 0 N–H and O–H groups in total. The van der Waals surface area contributed by atoms with Gasteiger partial charge in [0.2, 0.25) is 5.88 Å². The number of carbonyl (C=O) groups excluding carboxylic acids is 1. The van der Waals surface area contributed by atoms with Crippen LogP contribution in [-0.4, -0.2) is 60.9 Å². The molecule has 0 aliphatic carbocycles. The fourth-order valence-electron chi connectivity index (χ4n) is 3.06. The van der Waals surface area contributed by atoms with Crippen molar-refractivity contribution < 1.29 is 19.0 Å². The maximum Gasteiger partial charge on any atom is 0.260 e. The highest BCUT2D eigenvalue weighted by Crippen LogP contribution is 2.32. The van der Waals surface area contributed by atoms with Gasteiger partial charge < -0.3 is 19.1 Å². The van der Waals surface area contributed by atoms with Crippen LogP contribution in [0.25, 0.3) is 0 Å². The first kappa shape index (κ1) is 15.2. The summed E-state index contributed by atoms with van der Waals surface area (Å²) in [7, 11) is 0. The number of aromatic nitrogens is 1. The summed E-state index contributed by atoms with van der Waals surface area (Å²) in [5.41, 5.74) is 1.01. The molecule has 1 spiro atoms. The zero-order valence-corrected chi connectivity index (χ0v) is 13.1. The molecule has 6 heteroatoms. The monoisotopic (exact) mass is 306 g/mol. The summed E-state index contributed by atoms with van der Waals surface area (Å²) in [4.78, 5) is 19.3. The predicted octanol–water partition coefficient (Wildman–Crippen LogP) is 1.42. The molecule has 22 heavy (non-hydrogen) atoms. The molecule has 3 rings (SSSR count). The van der Waals surface area contributed by atoms with E-state index in [4.69, 9.17) is 14.2 Å². The molecule has 1 unspecified atom stereocenters. The van der Waals surface area contributed by atoms with E-state index < -0.39 is 0 Å². The van der Waals surface area contributed by atoms with Crippen LogP contribution in [-0.2, 0) is 9.47 Å². The van der Waals surface area contributed by atoms with Crippen molar-refractivity contribution in [2.45, 2.75) is 25.8 Å². The second-order valence-electron chi connectivity index (χ2n) is 5.77. The Morgan fingerprint density at radius 2 is 2.14 bits per heavy atom. The molecule has 1 amide bonds. The van der Waals surface area contributed by atoms with E-state index in [1.807, 2.05) is 24.8 Å². The summed E-state index contributed by atoms with van der Waals surface area (Å²) >= 11 is 0. The molecule has 1 aromatic heterocycles. The number of ether oxygens (including phenoxy) is 3. The maximum atomic E-state index is 13.1. The first-order valence-electron chi connectivity index (χ1n) is 7.74. The van der Waals surface area contributed by atoms with Gasteiger partial charge in [0.1, 0.15) is 5.56 Å². The number of aryl methyl sites for hydroxylation is 1. The molecule has 3 heterocycles. The van der Waals surface area contributed by atoms with Gasteiger partial charge in [-0.15, -0.1) is 0 Å². The van der Waals surface area contributed by atoms with Gasteiger partial charge in [-0.2, -0.15) is 0 Å². The van der Waals surface area contributed by atoms with Crippen LogP contribution in [0, 0.1) is 6.92 Å². The van der Waals surface area contributed by atoms with Crippen molar-refractivity contribution in [2.75, 3.05) is 39.6 Å². The molecular formula is C16H22N2O4.